The van der Waals surface area contributed by atoms with Crippen LogP contribution in [0.25, 0.3) is 0 Å². The lowest BCUT2D eigenvalue weighted by Gasteiger charge is -2.41. The van der Waals surface area contributed by atoms with Crippen LogP contribution in [-0.4, -0.2) is 37.6 Å². The van der Waals surface area contributed by atoms with E-state index in [0.29, 0.717) is 6.54 Å². The van der Waals surface area contributed by atoms with Gasteiger partial charge in [-0.1, -0.05) is 37.3 Å². The summed E-state index contributed by atoms with van der Waals surface area (Å²) in [5.41, 5.74) is 1.73. The quantitative estimate of drug-likeness (QED) is 0.780. The van der Waals surface area contributed by atoms with E-state index >= 15 is 0 Å². The number of carbonyl (C=O) groups excluding carboxylic acids is 1. The topological polar surface area (TPSA) is 29.5 Å². The molecular weight excluding hydrogens is 238 g/mol. The molecular formula is C16H23NO2. The summed E-state index contributed by atoms with van der Waals surface area (Å²) in [4.78, 5) is 13.5. The summed E-state index contributed by atoms with van der Waals surface area (Å²) in [5, 5.41) is 0. The molecule has 0 saturated carbocycles. The van der Waals surface area contributed by atoms with Gasteiger partial charge in [-0.15, -0.1) is 0 Å². The number of ether oxygens (including phenoxy) is 1. The fourth-order valence-corrected chi connectivity index (χ4v) is 3.02. The van der Waals surface area contributed by atoms with E-state index < -0.39 is 0 Å². The van der Waals surface area contributed by atoms with Crippen molar-refractivity contribution in [3.63, 3.8) is 0 Å². The summed E-state index contributed by atoms with van der Waals surface area (Å²) in [5.74, 6) is -0.135. The average molecular weight is 261 g/mol. The zero-order valence-electron chi connectivity index (χ0n) is 11.9. The molecule has 0 aromatic heterocycles. The maximum absolute atomic E-state index is 11.3. The molecule has 2 rings (SSSR count). The Balaban J connectivity index is 2.02. The van der Waals surface area contributed by atoms with Crippen molar-refractivity contribution in [1.29, 1.82) is 0 Å². The maximum Gasteiger partial charge on any atom is 0.319 e. The molecule has 1 heterocycles. The van der Waals surface area contributed by atoms with Crippen molar-refractivity contribution < 1.29 is 9.53 Å². The van der Waals surface area contributed by atoms with Gasteiger partial charge in [0.2, 0.25) is 0 Å². The number of piperidine rings is 1. The molecule has 3 heteroatoms. The lowest BCUT2D eigenvalue weighted by atomic mass is 9.71. The highest BCUT2D eigenvalue weighted by Gasteiger charge is 2.34. The predicted octanol–water partition coefficient (Wildman–Crippen LogP) is 2.60. The van der Waals surface area contributed by atoms with Crippen molar-refractivity contribution in [2.24, 2.45) is 0 Å². The van der Waals surface area contributed by atoms with E-state index in [-0.39, 0.29) is 11.4 Å². The molecule has 1 fully saturated rings. The number of likely N-dealkylation sites (tertiary alicyclic amines) is 1. The summed E-state index contributed by atoms with van der Waals surface area (Å²) in [6.07, 6.45) is 3.39. The van der Waals surface area contributed by atoms with Crippen molar-refractivity contribution in [2.45, 2.75) is 31.6 Å². The predicted molar refractivity (Wildman–Crippen MR) is 76.1 cm³/mol. The highest BCUT2D eigenvalue weighted by Crippen LogP contribution is 2.38. The minimum atomic E-state index is -0.135. The Morgan fingerprint density at radius 1 is 1.26 bits per heavy atom. The van der Waals surface area contributed by atoms with Gasteiger partial charge in [0.05, 0.1) is 13.7 Å². The van der Waals surface area contributed by atoms with Gasteiger partial charge in [0, 0.05) is 0 Å². The third kappa shape index (κ3) is 3.16. The van der Waals surface area contributed by atoms with Crippen LogP contribution in [0.3, 0.4) is 0 Å². The number of hydrogen-bond acceptors (Lipinski definition) is 3. The second-order valence-electron chi connectivity index (χ2n) is 5.35. The van der Waals surface area contributed by atoms with Crippen LogP contribution in [-0.2, 0) is 14.9 Å². The molecule has 0 bridgehead atoms. The van der Waals surface area contributed by atoms with Crippen LogP contribution in [0.1, 0.15) is 31.7 Å². The fourth-order valence-electron chi connectivity index (χ4n) is 3.02. The lowest BCUT2D eigenvalue weighted by molar-refractivity contribution is -0.142. The van der Waals surface area contributed by atoms with Crippen LogP contribution >= 0.6 is 0 Å². The zero-order valence-corrected chi connectivity index (χ0v) is 11.9. The number of nitrogens with zero attached hydrogens (tertiary/aromatic N) is 1. The summed E-state index contributed by atoms with van der Waals surface area (Å²) in [6, 6.07) is 10.8. The number of esters is 1. The Bertz CT molecular complexity index is 408. The minimum Gasteiger partial charge on any atom is -0.468 e. The molecule has 1 aliphatic heterocycles. The number of hydrogen-bond donors (Lipinski definition) is 0. The van der Waals surface area contributed by atoms with Gasteiger partial charge in [0.15, 0.2) is 0 Å². The van der Waals surface area contributed by atoms with Crippen LogP contribution in [0.15, 0.2) is 30.3 Å². The number of methoxy groups -OCH3 is 1. The monoisotopic (exact) mass is 261 g/mol. The molecule has 104 valence electrons. The van der Waals surface area contributed by atoms with Crippen molar-refractivity contribution in [1.82, 2.24) is 4.90 Å². The van der Waals surface area contributed by atoms with E-state index in [4.69, 9.17) is 4.74 Å². The SMILES string of the molecule is CCC1(c2ccccc2)CCN(CC(=O)OC)CC1. The Morgan fingerprint density at radius 2 is 1.89 bits per heavy atom. The first-order chi connectivity index (χ1) is 9.20. The van der Waals surface area contributed by atoms with E-state index in [2.05, 4.69) is 42.2 Å². The highest BCUT2D eigenvalue weighted by atomic mass is 16.5. The Labute approximate surface area is 115 Å². The Morgan fingerprint density at radius 3 is 2.42 bits per heavy atom. The van der Waals surface area contributed by atoms with Gasteiger partial charge in [-0.3, -0.25) is 9.69 Å². The smallest absolute Gasteiger partial charge is 0.319 e. The molecule has 0 spiro atoms. The first-order valence-electron chi connectivity index (χ1n) is 7.05. The van der Waals surface area contributed by atoms with Gasteiger partial charge in [-0.2, -0.15) is 0 Å². The fraction of sp³-hybridized carbons (Fsp3) is 0.562. The molecule has 0 atom stereocenters. The summed E-state index contributed by atoms with van der Waals surface area (Å²) < 4.78 is 4.74. The summed E-state index contributed by atoms with van der Waals surface area (Å²) >= 11 is 0. The van der Waals surface area contributed by atoms with Crippen LogP contribution in [0.5, 0.6) is 0 Å². The van der Waals surface area contributed by atoms with E-state index in [1.807, 2.05) is 0 Å². The largest absolute Gasteiger partial charge is 0.468 e. The highest BCUT2D eigenvalue weighted by molar-refractivity contribution is 5.71. The second kappa shape index (κ2) is 6.20. The second-order valence-corrected chi connectivity index (χ2v) is 5.35. The van der Waals surface area contributed by atoms with Gasteiger partial charge >= 0.3 is 5.97 Å². The van der Waals surface area contributed by atoms with Crippen molar-refractivity contribution in [3.8, 4) is 0 Å². The zero-order chi connectivity index (χ0) is 13.7. The van der Waals surface area contributed by atoms with E-state index in [1.165, 1.54) is 12.7 Å². The van der Waals surface area contributed by atoms with Gasteiger partial charge in [-0.05, 0) is 43.3 Å². The molecule has 0 unspecified atom stereocenters. The molecule has 0 amide bonds. The summed E-state index contributed by atoms with van der Waals surface area (Å²) in [6.45, 7) is 4.63. The minimum absolute atomic E-state index is 0.135. The first-order valence-corrected chi connectivity index (χ1v) is 7.05. The Hall–Kier alpha value is -1.35. The normalized spacial score (nSPS) is 19.1. The van der Waals surface area contributed by atoms with E-state index in [9.17, 15) is 4.79 Å². The molecule has 1 aliphatic rings. The Kier molecular flexibility index (Phi) is 4.59. The van der Waals surface area contributed by atoms with E-state index in [0.717, 1.165) is 32.4 Å². The van der Waals surface area contributed by atoms with Crippen molar-refractivity contribution in [3.05, 3.63) is 35.9 Å². The van der Waals surface area contributed by atoms with Gasteiger partial charge < -0.3 is 4.74 Å². The summed E-state index contributed by atoms with van der Waals surface area (Å²) in [7, 11) is 1.45. The first kappa shape index (κ1) is 14.1. The van der Waals surface area contributed by atoms with Crippen LogP contribution in [0.2, 0.25) is 0 Å². The third-order valence-corrected chi connectivity index (χ3v) is 4.46. The van der Waals surface area contributed by atoms with E-state index in [1.54, 1.807) is 0 Å². The van der Waals surface area contributed by atoms with Crippen LogP contribution in [0, 0.1) is 0 Å². The molecule has 0 N–H and O–H groups in total. The molecule has 1 saturated heterocycles. The molecule has 0 radical (unpaired) electrons. The molecule has 19 heavy (non-hydrogen) atoms. The van der Waals surface area contributed by atoms with Gasteiger partial charge in [-0.25, -0.2) is 0 Å². The van der Waals surface area contributed by atoms with Crippen molar-refractivity contribution >= 4 is 5.97 Å². The van der Waals surface area contributed by atoms with Gasteiger partial charge in [0.25, 0.3) is 0 Å². The van der Waals surface area contributed by atoms with Crippen molar-refractivity contribution in [2.75, 3.05) is 26.7 Å². The lowest BCUT2D eigenvalue weighted by Crippen LogP contribution is -2.44. The number of benzene rings is 1. The molecule has 1 aromatic carbocycles. The van der Waals surface area contributed by atoms with Crippen LogP contribution in [0.4, 0.5) is 0 Å². The number of rotatable bonds is 4. The molecule has 0 aliphatic carbocycles. The van der Waals surface area contributed by atoms with Crippen LogP contribution < -0.4 is 0 Å². The van der Waals surface area contributed by atoms with Gasteiger partial charge in [0.1, 0.15) is 0 Å². The maximum atomic E-state index is 11.3. The average Bonchev–Trinajstić information content (AvgIpc) is 2.49. The number of carbonyl (C=O) groups is 1. The third-order valence-electron chi connectivity index (χ3n) is 4.46. The molecule has 3 nitrogen and oxygen atoms in total. The standard InChI is InChI=1S/C16H23NO2/c1-3-16(14-7-5-4-6-8-14)9-11-17(12-10-16)13-15(18)19-2/h4-8H,3,9-13H2,1-2H3. The molecule has 1 aromatic rings.